The van der Waals surface area contributed by atoms with E-state index in [4.69, 9.17) is 9.47 Å². The molecule has 2 heterocycles. The molecular formula is C19H23NO3. The van der Waals surface area contributed by atoms with E-state index < -0.39 is 0 Å². The number of aliphatic hydroxyl groups excluding tert-OH is 1. The van der Waals surface area contributed by atoms with E-state index in [0.29, 0.717) is 24.0 Å². The molecule has 0 bridgehead atoms. The molecule has 4 atom stereocenters. The molecule has 1 aliphatic carbocycles. The fourth-order valence-electron chi connectivity index (χ4n) is 4.17. The fourth-order valence-corrected chi connectivity index (χ4v) is 4.17. The van der Waals surface area contributed by atoms with E-state index in [1.54, 1.807) is 13.2 Å². The maximum Gasteiger partial charge on any atom is 0.119 e. The zero-order valence-corrected chi connectivity index (χ0v) is 13.4. The van der Waals surface area contributed by atoms with E-state index in [0.717, 1.165) is 30.9 Å². The average Bonchev–Trinajstić information content (AvgIpc) is 2.60. The van der Waals surface area contributed by atoms with Gasteiger partial charge in [-0.25, -0.2) is 0 Å². The zero-order chi connectivity index (χ0) is 15.8. The largest absolute Gasteiger partial charge is 0.512 e. The lowest BCUT2D eigenvalue weighted by Gasteiger charge is -2.45. The number of ether oxygens (including phenoxy) is 2. The van der Waals surface area contributed by atoms with E-state index in [9.17, 15) is 5.11 Å². The van der Waals surface area contributed by atoms with E-state index in [-0.39, 0.29) is 12.1 Å². The Kier molecular flexibility index (Phi) is 3.77. The highest BCUT2D eigenvalue weighted by Gasteiger charge is 2.42. The van der Waals surface area contributed by atoms with Gasteiger partial charge in [0.25, 0.3) is 0 Å². The Bertz CT molecular complexity index is 652. The molecule has 1 saturated heterocycles. The van der Waals surface area contributed by atoms with Crippen molar-refractivity contribution in [3.8, 4) is 5.75 Å². The van der Waals surface area contributed by atoms with Crippen LogP contribution in [0.4, 0.5) is 5.69 Å². The van der Waals surface area contributed by atoms with Crippen molar-refractivity contribution in [1.29, 1.82) is 0 Å². The lowest BCUT2D eigenvalue weighted by molar-refractivity contribution is -0.0423. The molecule has 2 aliphatic heterocycles. The van der Waals surface area contributed by atoms with Crippen LogP contribution < -0.4 is 10.1 Å². The van der Waals surface area contributed by atoms with Gasteiger partial charge >= 0.3 is 0 Å². The summed E-state index contributed by atoms with van der Waals surface area (Å²) in [6.45, 7) is 0.816. The van der Waals surface area contributed by atoms with E-state index >= 15 is 0 Å². The third-order valence-electron chi connectivity index (χ3n) is 5.27. The zero-order valence-electron chi connectivity index (χ0n) is 13.4. The Morgan fingerprint density at radius 3 is 3.09 bits per heavy atom. The molecule has 0 saturated carbocycles. The number of anilines is 1. The second-order valence-corrected chi connectivity index (χ2v) is 6.63. The van der Waals surface area contributed by atoms with Gasteiger partial charge in [-0.1, -0.05) is 12.2 Å². The molecule has 0 spiro atoms. The summed E-state index contributed by atoms with van der Waals surface area (Å²) in [6.07, 6.45) is 9.01. The van der Waals surface area contributed by atoms with E-state index in [1.807, 2.05) is 12.1 Å². The van der Waals surface area contributed by atoms with Gasteiger partial charge in [0.2, 0.25) is 0 Å². The molecule has 0 amide bonds. The molecule has 1 unspecified atom stereocenters. The van der Waals surface area contributed by atoms with Gasteiger partial charge < -0.3 is 19.9 Å². The Morgan fingerprint density at radius 2 is 2.26 bits per heavy atom. The second-order valence-electron chi connectivity index (χ2n) is 6.63. The molecule has 0 radical (unpaired) electrons. The number of rotatable bonds is 2. The van der Waals surface area contributed by atoms with Crippen LogP contribution in [0.25, 0.3) is 0 Å². The summed E-state index contributed by atoms with van der Waals surface area (Å²) in [4.78, 5) is 0. The first kappa shape index (κ1) is 14.6. The highest BCUT2D eigenvalue weighted by Crippen LogP contribution is 2.47. The number of methoxy groups -OCH3 is 1. The fraction of sp³-hybridized carbons (Fsp3) is 0.474. The van der Waals surface area contributed by atoms with Crippen LogP contribution in [0.3, 0.4) is 0 Å². The van der Waals surface area contributed by atoms with Crippen LogP contribution in [-0.4, -0.2) is 24.9 Å². The second kappa shape index (κ2) is 5.93. The molecule has 4 nitrogen and oxygen atoms in total. The van der Waals surface area contributed by atoms with Gasteiger partial charge in [-0.15, -0.1) is 0 Å². The molecule has 1 fully saturated rings. The average molecular weight is 313 g/mol. The van der Waals surface area contributed by atoms with E-state index in [1.165, 1.54) is 5.56 Å². The quantitative estimate of drug-likeness (QED) is 0.867. The molecule has 2 N–H and O–H groups in total. The third-order valence-corrected chi connectivity index (χ3v) is 5.27. The minimum Gasteiger partial charge on any atom is -0.512 e. The molecule has 1 aromatic rings. The van der Waals surface area contributed by atoms with Crippen LogP contribution in [0.1, 0.15) is 30.9 Å². The van der Waals surface area contributed by atoms with Crippen molar-refractivity contribution in [2.75, 3.05) is 19.0 Å². The summed E-state index contributed by atoms with van der Waals surface area (Å²) >= 11 is 0. The van der Waals surface area contributed by atoms with Gasteiger partial charge in [-0.05, 0) is 37.1 Å². The van der Waals surface area contributed by atoms with Crippen molar-refractivity contribution in [2.45, 2.75) is 31.4 Å². The van der Waals surface area contributed by atoms with Crippen molar-refractivity contribution < 1.29 is 14.6 Å². The maximum absolute atomic E-state index is 9.90. The Balaban J connectivity index is 1.69. The van der Waals surface area contributed by atoms with Gasteiger partial charge in [-0.3, -0.25) is 0 Å². The van der Waals surface area contributed by atoms with Gasteiger partial charge in [0.1, 0.15) is 5.75 Å². The summed E-state index contributed by atoms with van der Waals surface area (Å²) in [5, 5.41) is 13.6. The first-order valence-corrected chi connectivity index (χ1v) is 8.38. The first-order valence-electron chi connectivity index (χ1n) is 8.38. The van der Waals surface area contributed by atoms with E-state index in [2.05, 4.69) is 23.5 Å². The Hall–Kier alpha value is -1.94. The lowest BCUT2D eigenvalue weighted by atomic mass is 9.73. The minimum atomic E-state index is 0.113. The molecule has 4 heteroatoms. The Labute approximate surface area is 136 Å². The molecule has 23 heavy (non-hydrogen) atoms. The predicted molar refractivity (Wildman–Crippen MR) is 89.8 cm³/mol. The molecule has 122 valence electrons. The van der Waals surface area contributed by atoms with Crippen LogP contribution >= 0.6 is 0 Å². The molecule has 3 aliphatic rings. The number of nitrogens with one attached hydrogen (secondary N) is 1. The summed E-state index contributed by atoms with van der Waals surface area (Å²) in [7, 11) is 1.70. The van der Waals surface area contributed by atoms with Gasteiger partial charge in [-0.2, -0.15) is 0 Å². The van der Waals surface area contributed by atoms with Crippen molar-refractivity contribution >= 4 is 5.69 Å². The number of allylic oxidation sites excluding steroid dienone is 3. The number of aliphatic hydroxyl groups is 1. The summed E-state index contributed by atoms with van der Waals surface area (Å²) in [6, 6.07) is 6.45. The topological polar surface area (TPSA) is 50.7 Å². The number of benzene rings is 1. The monoisotopic (exact) mass is 313 g/mol. The van der Waals surface area contributed by atoms with Crippen LogP contribution in [0.2, 0.25) is 0 Å². The van der Waals surface area contributed by atoms with Gasteiger partial charge in [0.05, 0.1) is 19.0 Å². The molecule has 4 rings (SSSR count). The van der Waals surface area contributed by atoms with Crippen LogP contribution in [-0.2, 0) is 4.74 Å². The first-order chi connectivity index (χ1) is 11.3. The van der Waals surface area contributed by atoms with Crippen LogP contribution in [0.5, 0.6) is 5.75 Å². The number of hydrogen-bond acceptors (Lipinski definition) is 4. The predicted octanol–water partition coefficient (Wildman–Crippen LogP) is 3.98. The summed E-state index contributed by atoms with van der Waals surface area (Å²) in [5.74, 6) is 2.05. The molecular weight excluding hydrogens is 290 g/mol. The summed E-state index contributed by atoms with van der Waals surface area (Å²) in [5.41, 5.74) is 2.33. The summed E-state index contributed by atoms with van der Waals surface area (Å²) < 4.78 is 11.5. The third kappa shape index (κ3) is 2.61. The molecule has 1 aromatic carbocycles. The Morgan fingerprint density at radius 1 is 1.35 bits per heavy atom. The van der Waals surface area contributed by atoms with Crippen molar-refractivity contribution in [3.63, 3.8) is 0 Å². The van der Waals surface area contributed by atoms with Crippen molar-refractivity contribution in [1.82, 2.24) is 0 Å². The molecule has 0 aromatic heterocycles. The van der Waals surface area contributed by atoms with Crippen molar-refractivity contribution in [3.05, 3.63) is 47.7 Å². The smallest absolute Gasteiger partial charge is 0.119 e. The van der Waals surface area contributed by atoms with Crippen LogP contribution in [0.15, 0.2) is 42.2 Å². The van der Waals surface area contributed by atoms with Crippen molar-refractivity contribution in [2.24, 2.45) is 11.8 Å². The van der Waals surface area contributed by atoms with Crippen LogP contribution in [0, 0.1) is 11.8 Å². The van der Waals surface area contributed by atoms with Gasteiger partial charge in [0.15, 0.2) is 0 Å². The van der Waals surface area contributed by atoms with Gasteiger partial charge in [0, 0.05) is 42.2 Å². The lowest BCUT2D eigenvalue weighted by Crippen LogP contribution is -2.45. The minimum absolute atomic E-state index is 0.113. The maximum atomic E-state index is 9.90. The number of fused-ring (bicyclic) bond motifs is 3. The number of hydrogen-bond donors (Lipinski definition) is 2. The highest BCUT2D eigenvalue weighted by atomic mass is 16.5. The SMILES string of the molecule is COc1ccc2c(c1)[C@H]1OCCC[C@H]1[C@H](C1C=CC=C(O)C1)N2. The standard InChI is InChI=1S/C19H23NO3/c1-22-14-7-8-17-16(11-14)19-15(6-3-9-23-19)18(20-17)12-4-2-5-13(21)10-12/h2,4-5,7-8,11-12,15,18-21H,3,6,9-10H2,1H3/t12?,15-,18-,19-/m0/s1. The highest BCUT2D eigenvalue weighted by molar-refractivity contribution is 5.59. The normalized spacial score (nSPS) is 32.3.